The van der Waals surface area contributed by atoms with Crippen LogP contribution >= 0.6 is 0 Å². The van der Waals surface area contributed by atoms with Crippen LogP contribution < -0.4 is 4.90 Å². The Balaban J connectivity index is 2.12. The standard InChI is InChI=1S/C15H13N3O2/c1-17-14-8-7-13(9-11(14)10-16-17)18(15(19)20)12-5-3-2-4-6-12/h2-10H,1H3,(H,19,20). The maximum absolute atomic E-state index is 11.5. The summed E-state index contributed by atoms with van der Waals surface area (Å²) in [7, 11) is 1.86. The molecule has 1 aromatic heterocycles. The van der Waals surface area contributed by atoms with Gasteiger partial charge in [-0.3, -0.25) is 4.68 Å². The predicted octanol–water partition coefficient (Wildman–Crippen LogP) is 3.39. The summed E-state index contributed by atoms with van der Waals surface area (Å²) in [4.78, 5) is 12.8. The second-order valence-electron chi connectivity index (χ2n) is 4.46. The Morgan fingerprint density at radius 3 is 2.60 bits per heavy atom. The summed E-state index contributed by atoms with van der Waals surface area (Å²) in [6.07, 6.45) is 0.712. The fourth-order valence-electron chi connectivity index (χ4n) is 2.24. The van der Waals surface area contributed by atoms with Crippen molar-refractivity contribution in [1.29, 1.82) is 0 Å². The Morgan fingerprint density at radius 1 is 1.15 bits per heavy atom. The topological polar surface area (TPSA) is 58.4 Å². The lowest BCUT2D eigenvalue weighted by Crippen LogP contribution is -2.23. The molecule has 5 heteroatoms. The highest BCUT2D eigenvalue weighted by Crippen LogP contribution is 2.28. The van der Waals surface area contributed by atoms with Crippen LogP contribution in [0.1, 0.15) is 0 Å². The van der Waals surface area contributed by atoms with Gasteiger partial charge in [0, 0.05) is 12.4 Å². The SMILES string of the molecule is Cn1ncc2cc(N(C(=O)O)c3ccccc3)ccc21. The van der Waals surface area contributed by atoms with Crippen molar-refractivity contribution in [2.45, 2.75) is 0 Å². The van der Waals surface area contributed by atoms with Gasteiger partial charge in [-0.25, -0.2) is 9.69 Å². The van der Waals surface area contributed by atoms with Gasteiger partial charge < -0.3 is 5.11 Å². The summed E-state index contributed by atoms with van der Waals surface area (Å²) in [5.74, 6) is 0. The number of carbonyl (C=O) groups is 1. The Hall–Kier alpha value is -2.82. The van der Waals surface area contributed by atoms with E-state index in [2.05, 4.69) is 5.10 Å². The van der Waals surface area contributed by atoms with Crippen molar-refractivity contribution in [1.82, 2.24) is 9.78 Å². The fourth-order valence-corrected chi connectivity index (χ4v) is 2.24. The molecular formula is C15H13N3O2. The van der Waals surface area contributed by atoms with E-state index < -0.39 is 6.09 Å². The molecule has 1 N–H and O–H groups in total. The molecule has 0 fully saturated rings. The zero-order chi connectivity index (χ0) is 14.1. The van der Waals surface area contributed by atoms with Crippen molar-refractivity contribution in [2.75, 3.05) is 4.90 Å². The number of amides is 1. The number of benzene rings is 2. The first-order valence-electron chi connectivity index (χ1n) is 6.16. The predicted molar refractivity (Wildman–Crippen MR) is 77.3 cm³/mol. The molecule has 0 unspecified atom stereocenters. The van der Waals surface area contributed by atoms with E-state index in [1.54, 1.807) is 29.1 Å². The largest absolute Gasteiger partial charge is 0.464 e. The van der Waals surface area contributed by atoms with E-state index >= 15 is 0 Å². The van der Waals surface area contributed by atoms with Gasteiger partial charge in [-0.1, -0.05) is 18.2 Å². The van der Waals surface area contributed by atoms with E-state index in [0.29, 0.717) is 11.4 Å². The molecule has 0 aliphatic carbocycles. The van der Waals surface area contributed by atoms with Crippen LogP contribution in [0.15, 0.2) is 54.7 Å². The lowest BCUT2D eigenvalue weighted by Gasteiger charge is -2.19. The molecule has 0 saturated heterocycles. The highest BCUT2D eigenvalue weighted by Gasteiger charge is 2.17. The summed E-state index contributed by atoms with van der Waals surface area (Å²) in [6, 6.07) is 14.5. The smallest absolute Gasteiger partial charge is 0.416 e. The third-order valence-corrected chi connectivity index (χ3v) is 3.19. The monoisotopic (exact) mass is 267 g/mol. The van der Waals surface area contributed by atoms with Crippen molar-refractivity contribution in [2.24, 2.45) is 7.05 Å². The summed E-state index contributed by atoms with van der Waals surface area (Å²) in [5, 5.41) is 14.5. The zero-order valence-corrected chi connectivity index (χ0v) is 10.9. The third-order valence-electron chi connectivity index (χ3n) is 3.19. The molecule has 0 aliphatic rings. The minimum Gasteiger partial charge on any atom is -0.464 e. The molecule has 5 nitrogen and oxygen atoms in total. The normalized spacial score (nSPS) is 10.7. The molecule has 0 saturated carbocycles. The Kier molecular flexibility index (Phi) is 2.87. The first kappa shape index (κ1) is 12.2. The first-order valence-corrected chi connectivity index (χ1v) is 6.16. The highest BCUT2D eigenvalue weighted by atomic mass is 16.4. The number of aromatic nitrogens is 2. The molecular weight excluding hydrogens is 254 g/mol. The van der Waals surface area contributed by atoms with E-state index in [0.717, 1.165) is 10.9 Å². The summed E-state index contributed by atoms with van der Waals surface area (Å²) in [6.45, 7) is 0. The zero-order valence-electron chi connectivity index (χ0n) is 10.9. The number of anilines is 2. The van der Waals surface area contributed by atoms with Gasteiger partial charge in [-0.2, -0.15) is 5.10 Å². The number of hydrogen-bond acceptors (Lipinski definition) is 2. The quantitative estimate of drug-likeness (QED) is 0.774. The molecule has 20 heavy (non-hydrogen) atoms. The van der Waals surface area contributed by atoms with Crippen LogP contribution in [0.4, 0.5) is 16.2 Å². The molecule has 0 atom stereocenters. The van der Waals surface area contributed by atoms with E-state index in [1.807, 2.05) is 37.4 Å². The molecule has 0 radical (unpaired) electrons. The van der Waals surface area contributed by atoms with Crippen molar-refractivity contribution in [3.63, 3.8) is 0 Å². The van der Waals surface area contributed by atoms with Gasteiger partial charge in [0.25, 0.3) is 0 Å². The molecule has 0 aliphatic heterocycles. The number of para-hydroxylation sites is 1. The van der Waals surface area contributed by atoms with Gasteiger partial charge in [-0.15, -0.1) is 0 Å². The number of rotatable bonds is 2. The average Bonchev–Trinajstić information content (AvgIpc) is 2.81. The minimum atomic E-state index is -1.01. The maximum Gasteiger partial charge on any atom is 0.416 e. The van der Waals surface area contributed by atoms with Gasteiger partial charge in [0.2, 0.25) is 0 Å². The summed E-state index contributed by atoms with van der Waals surface area (Å²) in [5.41, 5.74) is 2.18. The molecule has 1 heterocycles. The Bertz CT molecular complexity index is 765. The third kappa shape index (κ3) is 1.99. The Morgan fingerprint density at radius 2 is 1.90 bits per heavy atom. The van der Waals surface area contributed by atoms with E-state index in [9.17, 15) is 9.90 Å². The van der Waals surface area contributed by atoms with Gasteiger partial charge >= 0.3 is 6.09 Å². The van der Waals surface area contributed by atoms with Crippen molar-refractivity contribution in [3.8, 4) is 0 Å². The van der Waals surface area contributed by atoms with Crippen molar-refractivity contribution < 1.29 is 9.90 Å². The van der Waals surface area contributed by atoms with Crippen LogP contribution in [0.5, 0.6) is 0 Å². The average molecular weight is 267 g/mol. The van der Waals surface area contributed by atoms with Crippen LogP contribution in [0.2, 0.25) is 0 Å². The van der Waals surface area contributed by atoms with E-state index in [1.165, 1.54) is 4.90 Å². The van der Waals surface area contributed by atoms with Crippen LogP contribution in [-0.2, 0) is 7.05 Å². The van der Waals surface area contributed by atoms with Crippen LogP contribution in [0.3, 0.4) is 0 Å². The lowest BCUT2D eigenvalue weighted by molar-refractivity contribution is 0.205. The molecule has 0 bridgehead atoms. The highest BCUT2D eigenvalue weighted by molar-refractivity contribution is 5.97. The fraction of sp³-hybridized carbons (Fsp3) is 0.0667. The lowest BCUT2D eigenvalue weighted by atomic mass is 10.2. The first-order chi connectivity index (χ1) is 9.66. The van der Waals surface area contributed by atoms with Gasteiger partial charge in [0.15, 0.2) is 0 Å². The van der Waals surface area contributed by atoms with Crippen molar-refractivity contribution in [3.05, 3.63) is 54.7 Å². The number of carboxylic acid groups (broad SMARTS) is 1. The van der Waals surface area contributed by atoms with E-state index in [4.69, 9.17) is 0 Å². The van der Waals surface area contributed by atoms with Gasteiger partial charge in [-0.05, 0) is 30.3 Å². The second kappa shape index (κ2) is 4.70. The molecule has 3 aromatic rings. The maximum atomic E-state index is 11.5. The second-order valence-corrected chi connectivity index (χ2v) is 4.46. The van der Waals surface area contributed by atoms with Crippen LogP contribution in [-0.4, -0.2) is 21.0 Å². The molecule has 2 aromatic carbocycles. The Labute approximate surface area is 115 Å². The summed E-state index contributed by atoms with van der Waals surface area (Å²) < 4.78 is 1.76. The number of nitrogens with zero attached hydrogens (tertiary/aromatic N) is 3. The molecule has 100 valence electrons. The molecule has 1 amide bonds. The summed E-state index contributed by atoms with van der Waals surface area (Å²) >= 11 is 0. The van der Waals surface area contributed by atoms with Crippen LogP contribution in [0, 0.1) is 0 Å². The van der Waals surface area contributed by atoms with Gasteiger partial charge in [0.05, 0.1) is 23.1 Å². The number of fused-ring (bicyclic) bond motifs is 1. The van der Waals surface area contributed by atoms with Crippen molar-refractivity contribution >= 4 is 28.4 Å². The van der Waals surface area contributed by atoms with E-state index in [-0.39, 0.29) is 0 Å². The minimum absolute atomic E-state index is 0.601. The van der Waals surface area contributed by atoms with Gasteiger partial charge in [0.1, 0.15) is 0 Å². The number of aryl methyl sites for hydroxylation is 1. The molecule has 0 spiro atoms. The molecule has 3 rings (SSSR count). The van der Waals surface area contributed by atoms with Crippen LogP contribution in [0.25, 0.3) is 10.9 Å². The number of hydrogen-bond donors (Lipinski definition) is 1.